The number of hydrogen-bond acceptors (Lipinski definition) is 2. The van der Waals surface area contributed by atoms with Gasteiger partial charge in [0.2, 0.25) is 0 Å². The van der Waals surface area contributed by atoms with Crippen LogP contribution in [0.15, 0.2) is 146 Å². The Bertz CT molecular complexity index is 2170. The van der Waals surface area contributed by atoms with Crippen LogP contribution >= 0.6 is 11.3 Å². The molecule has 0 unspecified atom stereocenters. The van der Waals surface area contributed by atoms with E-state index in [2.05, 4.69) is 158 Å². The number of hydrogen-bond donors (Lipinski definition) is 0. The summed E-state index contributed by atoms with van der Waals surface area (Å²) >= 11 is 1.87. The Kier molecular flexibility index (Phi) is 4.97. The summed E-state index contributed by atoms with van der Waals surface area (Å²) in [4.78, 5) is 2.34. The zero-order valence-corrected chi connectivity index (χ0v) is 24.0. The molecule has 9 rings (SSSR count). The maximum Gasteiger partial charge on any atom is 0.0726 e. The number of benzene rings is 6. The van der Waals surface area contributed by atoms with Gasteiger partial charge in [0.1, 0.15) is 0 Å². The Hall–Kier alpha value is -4.92. The summed E-state index contributed by atoms with van der Waals surface area (Å²) in [6.07, 6.45) is 4.33. The third-order valence-corrected chi connectivity index (χ3v) is 10.3. The zero-order chi connectivity index (χ0) is 27.8. The first-order valence-electron chi connectivity index (χ1n) is 14.6. The van der Waals surface area contributed by atoms with Gasteiger partial charge >= 0.3 is 0 Å². The second-order valence-electron chi connectivity index (χ2n) is 11.2. The molecular weight excluding hydrogens is 527 g/mol. The van der Waals surface area contributed by atoms with Crippen molar-refractivity contribution in [3.05, 3.63) is 168 Å². The summed E-state index contributed by atoms with van der Waals surface area (Å²) in [5.74, 6) is 0. The monoisotopic (exact) mass is 553 g/mol. The number of rotatable bonds is 3. The summed E-state index contributed by atoms with van der Waals surface area (Å²) < 4.78 is 2.64. The van der Waals surface area contributed by atoms with Crippen molar-refractivity contribution >= 4 is 42.9 Å². The van der Waals surface area contributed by atoms with Crippen LogP contribution in [-0.4, -0.2) is 0 Å². The van der Waals surface area contributed by atoms with E-state index >= 15 is 0 Å². The van der Waals surface area contributed by atoms with Gasteiger partial charge in [0.15, 0.2) is 0 Å². The average Bonchev–Trinajstić information content (AvgIpc) is 3.67. The van der Waals surface area contributed by atoms with Gasteiger partial charge in [0.05, 0.1) is 5.41 Å². The lowest BCUT2D eigenvalue weighted by Gasteiger charge is -2.31. The minimum Gasteiger partial charge on any atom is -0.317 e. The van der Waals surface area contributed by atoms with Gasteiger partial charge in [-0.2, -0.15) is 0 Å². The lowest BCUT2D eigenvalue weighted by atomic mass is 9.70. The number of thiophene rings is 1. The van der Waals surface area contributed by atoms with Crippen molar-refractivity contribution in [1.82, 2.24) is 0 Å². The lowest BCUT2D eigenvalue weighted by molar-refractivity contribution is 0.793. The van der Waals surface area contributed by atoms with E-state index in [0.717, 1.165) is 0 Å². The van der Waals surface area contributed by atoms with E-state index < -0.39 is 0 Å². The zero-order valence-electron chi connectivity index (χ0n) is 23.2. The quantitative estimate of drug-likeness (QED) is 0.210. The van der Waals surface area contributed by atoms with Crippen molar-refractivity contribution in [2.75, 3.05) is 4.90 Å². The largest absolute Gasteiger partial charge is 0.317 e. The molecule has 0 aliphatic heterocycles. The van der Waals surface area contributed by atoms with Crippen molar-refractivity contribution < 1.29 is 0 Å². The van der Waals surface area contributed by atoms with Crippen LogP contribution in [0.5, 0.6) is 0 Å². The molecule has 0 bridgehead atoms. The predicted molar refractivity (Wildman–Crippen MR) is 179 cm³/mol. The fraction of sp³-hybridized carbons (Fsp3) is 0.0500. The van der Waals surface area contributed by atoms with Crippen molar-refractivity contribution in [3.8, 4) is 22.3 Å². The fourth-order valence-electron chi connectivity index (χ4n) is 7.57. The molecule has 0 saturated carbocycles. The highest BCUT2D eigenvalue weighted by Crippen LogP contribution is 2.63. The van der Waals surface area contributed by atoms with E-state index in [9.17, 15) is 0 Å². The Morgan fingerprint density at radius 1 is 0.500 bits per heavy atom. The highest BCUT2D eigenvalue weighted by molar-refractivity contribution is 7.25. The molecule has 0 saturated heterocycles. The summed E-state index contributed by atoms with van der Waals surface area (Å²) in [6, 6.07) is 49.7. The molecule has 0 atom stereocenters. The van der Waals surface area contributed by atoms with Crippen LogP contribution in [0.3, 0.4) is 0 Å². The molecule has 2 aliphatic rings. The molecule has 0 N–H and O–H groups in total. The molecule has 1 nitrogen and oxygen atoms in total. The molecule has 0 radical (unpaired) electrons. The standard InChI is InChI=1S/C40H27NS/c1-2-23-41(27-20-22-33-32-14-6-10-18-38(32)42-39(33)25-27)26-19-21-31-30-13-5-9-17-36(30)40(37(31)24-26)34-15-7-3-11-28(34)29-12-4-8-16-35(29)40/h2-25H,1H3/b23-2+. The summed E-state index contributed by atoms with van der Waals surface area (Å²) in [5, 5.41) is 2.65. The van der Waals surface area contributed by atoms with Crippen molar-refractivity contribution in [2.24, 2.45) is 0 Å². The van der Waals surface area contributed by atoms with Gasteiger partial charge < -0.3 is 4.90 Å². The topological polar surface area (TPSA) is 3.24 Å². The first-order valence-corrected chi connectivity index (χ1v) is 15.4. The fourth-order valence-corrected chi connectivity index (χ4v) is 8.71. The van der Waals surface area contributed by atoms with Gasteiger partial charge in [-0.1, -0.05) is 109 Å². The SMILES string of the molecule is C/C=C/N(c1ccc2c(c1)C1(c3ccccc3-c3ccccc31)c1ccccc1-2)c1ccc2c(c1)sc1ccccc12. The third-order valence-electron chi connectivity index (χ3n) is 9.20. The van der Waals surface area contributed by atoms with Gasteiger partial charge in [-0.25, -0.2) is 0 Å². The second kappa shape index (κ2) is 8.79. The van der Waals surface area contributed by atoms with E-state index in [1.807, 2.05) is 11.3 Å². The molecule has 6 aromatic carbocycles. The van der Waals surface area contributed by atoms with Gasteiger partial charge in [-0.15, -0.1) is 11.3 Å². The number of nitrogens with zero attached hydrogens (tertiary/aromatic N) is 1. The normalized spacial score (nSPS) is 13.9. The first kappa shape index (κ1) is 23.8. The average molecular weight is 554 g/mol. The summed E-state index contributed by atoms with van der Waals surface area (Å²) in [5.41, 5.74) is 12.8. The molecule has 1 spiro atoms. The van der Waals surface area contributed by atoms with Gasteiger partial charge in [0, 0.05) is 37.7 Å². The number of fused-ring (bicyclic) bond motifs is 13. The van der Waals surface area contributed by atoms with Crippen LogP contribution in [0.25, 0.3) is 42.4 Å². The maximum absolute atomic E-state index is 2.45. The highest BCUT2D eigenvalue weighted by atomic mass is 32.1. The van der Waals surface area contributed by atoms with E-state index in [1.165, 1.54) is 76.1 Å². The molecule has 0 amide bonds. The summed E-state index contributed by atoms with van der Waals surface area (Å²) in [7, 11) is 0. The molecule has 1 aromatic heterocycles. The highest BCUT2D eigenvalue weighted by Gasteiger charge is 2.51. The molecule has 42 heavy (non-hydrogen) atoms. The molecule has 198 valence electrons. The van der Waals surface area contributed by atoms with Crippen molar-refractivity contribution in [1.29, 1.82) is 0 Å². The lowest BCUT2D eigenvalue weighted by Crippen LogP contribution is -2.26. The second-order valence-corrected chi connectivity index (χ2v) is 12.3. The number of allylic oxidation sites excluding steroid dienone is 1. The van der Waals surface area contributed by atoms with Gasteiger partial charge in [-0.3, -0.25) is 0 Å². The molecule has 1 heterocycles. The van der Waals surface area contributed by atoms with Gasteiger partial charge in [0.25, 0.3) is 0 Å². The van der Waals surface area contributed by atoms with Gasteiger partial charge in [-0.05, 0) is 81.8 Å². The Morgan fingerprint density at radius 2 is 1.02 bits per heavy atom. The van der Waals surface area contributed by atoms with Crippen molar-refractivity contribution in [2.45, 2.75) is 12.3 Å². The van der Waals surface area contributed by atoms with Crippen LogP contribution in [0.4, 0.5) is 11.4 Å². The molecule has 0 fully saturated rings. The Morgan fingerprint density at radius 3 is 1.69 bits per heavy atom. The van der Waals surface area contributed by atoms with Crippen LogP contribution in [-0.2, 0) is 5.41 Å². The van der Waals surface area contributed by atoms with E-state index in [1.54, 1.807) is 0 Å². The molecule has 2 heteroatoms. The molecule has 2 aliphatic carbocycles. The minimum atomic E-state index is -0.341. The van der Waals surface area contributed by atoms with E-state index in [4.69, 9.17) is 0 Å². The van der Waals surface area contributed by atoms with E-state index in [-0.39, 0.29) is 5.41 Å². The predicted octanol–water partition coefficient (Wildman–Crippen LogP) is 11.1. The Balaban J connectivity index is 1.29. The van der Waals surface area contributed by atoms with Crippen LogP contribution in [0, 0.1) is 0 Å². The smallest absolute Gasteiger partial charge is 0.0726 e. The molecular formula is C40H27NS. The summed E-state index contributed by atoms with van der Waals surface area (Å²) in [6.45, 7) is 2.10. The van der Waals surface area contributed by atoms with Crippen LogP contribution in [0.1, 0.15) is 29.2 Å². The molecule has 7 aromatic rings. The third kappa shape index (κ3) is 3.02. The van der Waals surface area contributed by atoms with Crippen LogP contribution < -0.4 is 4.90 Å². The first-order chi connectivity index (χ1) is 20.8. The van der Waals surface area contributed by atoms with Crippen LogP contribution in [0.2, 0.25) is 0 Å². The number of anilines is 2. The minimum absolute atomic E-state index is 0.341. The Labute approximate surface area is 249 Å². The van der Waals surface area contributed by atoms with E-state index in [0.29, 0.717) is 0 Å². The maximum atomic E-state index is 2.45. The van der Waals surface area contributed by atoms with Crippen molar-refractivity contribution in [3.63, 3.8) is 0 Å².